The van der Waals surface area contributed by atoms with Crippen molar-refractivity contribution in [3.8, 4) is 17.1 Å². The van der Waals surface area contributed by atoms with Gasteiger partial charge >= 0.3 is 0 Å². The smallest absolute Gasteiger partial charge is 0.160 e. The molecule has 0 aliphatic carbocycles. The summed E-state index contributed by atoms with van der Waals surface area (Å²) < 4.78 is 4.03. The Kier molecular flexibility index (Phi) is 3.39. The SMILES string of the molecule is Cc1ncn2c1Cn1nc(Cc3cccnc3)nc1-c1cc(Cl)ccc1-2. The fourth-order valence-corrected chi connectivity index (χ4v) is 3.53. The first-order valence-electron chi connectivity index (χ1n) is 8.35. The van der Waals surface area contributed by atoms with Crippen molar-refractivity contribution in [3.05, 3.63) is 76.9 Å². The van der Waals surface area contributed by atoms with Crippen molar-refractivity contribution in [2.75, 3.05) is 0 Å². The Bertz CT molecular complexity index is 1110. The van der Waals surface area contributed by atoms with Crippen LogP contribution in [0.25, 0.3) is 17.1 Å². The summed E-state index contributed by atoms with van der Waals surface area (Å²) in [7, 11) is 0. The second kappa shape index (κ2) is 5.78. The van der Waals surface area contributed by atoms with Crippen LogP contribution in [-0.2, 0) is 13.0 Å². The van der Waals surface area contributed by atoms with Gasteiger partial charge in [0, 0.05) is 29.4 Å². The van der Waals surface area contributed by atoms with Crippen LogP contribution in [0.15, 0.2) is 49.1 Å². The van der Waals surface area contributed by atoms with Gasteiger partial charge in [-0.2, -0.15) is 5.10 Å². The first kappa shape index (κ1) is 15.3. The molecule has 0 bridgehead atoms. The molecule has 26 heavy (non-hydrogen) atoms. The van der Waals surface area contributed by atoms with Crippen LogP contribution in [0.2, 0.25) is 5.02 Å². The van der Waals surface area contributed by atoms with Gasteiger partial charge in [-0.25, -0.2) is 14.6 Å². The quantitative estimate of drug-likeness (QED) is 0.482. The van der Waals surface area contributed by atoms with Crippen LogP contribution in [0.4, 0.5) is 0 Å². The van der Waals surface area contributed by atoms with Gasteiger partial charge in [0.1, 0.15) is 0 Å². The third-order valence-electron chi connectivity index (χ3n) is 4.63. The van der Waals surface area contributed by atoms with Gasteiger partial charge in [0.15, 0.2) is 11.6 Å². The molecule has 1 aromatic carbocycles. The van der Waals surface area contributed by atoms with Gasteiger partial charge in [-0.05, 0) is 36.8 Å². The molecule has 0 atom stereocenters. The van der Waals surface area contributed by atoms with E-state index in [0.29, 0.717) is 18.0 Å². The molecule has 0 amide bonds. The third kappa shape index (κ3) is 2.42. The van der Waals surface area contributed by atoms with E-state index in [4.69, 9.17) is 21.7 Å². The number of hydrogen-bond donors (Lipinski definition) is 0. The highest BCUT2D eigenvalue weighted by atomic mass is 35.5. The number of aryl methyl sites for hydroxylation is 1. The number of aromatic nitrogens is 6. The summed E-state index contributed by atoms with van der Waals surface area (Å²) in [5.74, 6) is 1.59. The summed E-state index contributed by atoms with van der Waals surface area (Å²) >= 11 is 6.27. The summed E-state index contributed by atoms with van der Waals surface area (Å²) in [4.78, 5) is 13.4. The Hall–Kier alpha value is -2.99. The van der Waals surface area contributed by atoms with Gasteiger partial charge in [0.05, 0.1) is 29.9 Å². The molecule has 7 heteroatoms. The average molecular weight is 363 g/mol. The number of benzene rings is 1. The number of halogens is 1. The molecular formula is C19H15ClN6. The molecule has 0 radical (unpaired) electrons. The van der Waals surface area contributed by atoms with Gasteiger partial charge in [-0.15, -0.1) is 0 Å². The van der Waals surface area contributed by atoms with Crippen LogP contribution in [-0.4, -0.2) is 29.3 Å². The summed E-state index contributed by atoms with van der Waals surface area (Å²) in [6.45, 7) is 2.63. The average Bonchev–Trinajstić information content (AvgIpc) is 3.17. The van der Waals surface area contributed by atoms with Crippen LogP contribution < -0.4 is 0 Å². The zero-order chi connectivity index (χ0) is 17.7. The van der Waals surface area contributed by atoms with Crippen molar-refractivity contribution >= 4 is 11.6 Å². The molecule has 1 aliphatic rings. The Balaban J connectivity index is 1.68. The predicted molar refractivity (Wildman–Crippen MR) is 98.5 cm³/mol. The highest BCUT2D eigenvalue weighted by molar-refractivity contribution is 6.31. The monoisotopic (exact) mass is 362 g/mol. The Morgan fingerprint density at radius 3 is 3.00 bits per heavy atom. The van der Waals surface area contributed by atoms with Crippen molar-refractivity contribution in [2.24, 2.45) is 0 Å². The maximum atomic E-state index is 6.27. The first-order chi connectivity index (χ1) is 12.7. The molecule has 1 aliphatic heterocycles. The fourth-order valence-electron chi connectivity index (χ4n) is 3.36. The van der Waals surface area contributed by atoms with E-state index < -0.39 is 0 Å². The normalized spacial score (nSPS) is 12.2. The first-order valence-corrected chi connectivity index (χ1v) is 8.72. The number of imidazole rings is 1. The number of fused-ring (bicyclic) bond motifs is 5. The molecule has 0 saturated carbocycles. The van der Waals surface area contributed by atoms with Crippen LogP contribution in [0, 0.1) is 6.92 Å². The van der Waals surface area contributed by atoms with Gasteiger partial charge in [0.2, 0.25) is 0 Å². The molecule has 6 nitrogen and oxygen atoms in total. The topological polar surface area (TPSA) is 61.4 Å². The van der Waals surface area contributed by atoms with Gasteiger partial charge in [-0.1, -0.05) is 17.7 Å². The van der Waals surface area contributed by atoms with Crippen LogP contribution in [0.3, 0.4) is 0 Å². The molecule has 0 fully saturated rings. The number of pyridine rings is 1. The molecule has 0 unspecified atom stereocenters. The van der Waals surface area contributed by atoms with Crippen molar-refractivity contribution in [1.29, 1.82) is 0 Å². The van der Waals surface area contributed by atoms with Crippen molar-refractivity contribution in [1.82, 2.24) is 29.3 Å². The second-order valence-electron chi connectivity index (χ2n) is 6.36. The molecule has 3 aromatic heterocycles. The van der Waals surface area contributed by atoms with E-state index in [1.165, 1.54) is 0 Å². The minimum absolute atomic E-state index is 0.619. The van der Waals surface area contributed by atoms with E-state index in [9.17, 15) is 0 Å². The third-order valence-corrected chi connectivity index (χ3v) is 4.87. The Labute approximate surface area is 155 Å². The standard InChI is InChI=1S/C19H15ClN6/c1-12-17-10-26-19(23-18(24-26)7-13-3-2-6-21-9-13)15-8-14(20)4-5-16(15)25(17)11-22-12/h2-6,8-9,11H,7,10H2,1H3. The van der Waals surface area contributed by atoms with Crippen molar-refractivity contribution in [2.45, 2.75) is 19.9 Å². The summed E-state index contributed by atoms with van der Waals surface area (Å²) in [5.41, 5.74) is 5.15. The number of nitrogens with zero attached hydrogens (tertiary/aromatic N) is 6. The molecule has 4 aromatic rings. The minimum Gasteiger partial charge on any atom is -0.300 e. The highest BCUT2D eigenvalue weighted by Gasteiger charge is 2.24. The van der Waals surface area contributed by atoms with E-state index in [0.717, 1.165) is 39.9 Å². The van der Waals surface area contributed by atoms with E-state index in [1.54, 1.807) is 6.20 Å². The molecule has 5 rings (SSSR count). The van der Waals surface area contributed by atoms with Crippen LogP contribution in [0.1, 0.15) is 22.8 Å². The van der Waals surface area contributed by atoms with Gasteiger partial charge < -0.3 is 4.57 Å². The van der Waals surface area contributed by atoms with Crippen molar-refractivity contribution in [3.63, 3.8) is 0 Å². The molecular weight excluding hydrogens is 348 g/mol. The summed E-state index contributed by atoms with van der Waals surface area (Å²) in [6, 6.07) is 9.79. The van der Waals surface area contributed by atoms with Gasteiger partial charge in [0.25, 0.3) is 0 Å². The van der Waals surface area contributed by atoms with Crippen molar-refractivity contribution < 1.29 is 0 Å². The lowest BCUT2D eigenvalue weighted by atomic mass is 10.1. The molecule has 0 N–H and O–H groups in total. The predicted octanol–water partition coefficient (Wildman–Crippen LogP) is 3.44. The van der Waals surface area contributed by atoms with E-state index in [-0.39, 0.29) is 0 Å². The molecule has 0 spiro atoms. The highest BCUT2D eigenvalue weighted by Crippen LogP contribution is 2.33. The molecule has 128 valence electrons. The largest absolute Gasteiger partial charge is 0.300 e. The zero-order valence-electron chi connectivity index (χ0n) is 14.1. The second-order valence-corrected chi connectivity index (χ2v) is 6.79. The zero-order valence-corrected chi connectivity index (χ0v) is 14.9. The fraction of sp³-hybridized carbons (Fsp3) is 0.158. The summed E-state index contributed by atoms with van der Waals surface area (Å²) in [6.07, 6.45) is 6.10. The minimum atomic E-state index is 0.619. The Morgan fingerprint density at radius 1 is 1.23 bits per heavy atom. The molecule has 0 saturated heterocycles. The van der Waals surface area contributed by atoms with Crippen LogP contribution >= 0.6 is 11.6 Å². The maximum absolute atomic E-state index is 6.27. The molecule has 4 heterocycles. The number of rotatable bonds is 2. The number of hydrogen-bond acceptors (Lipinski definition) is 4. The van der Waals surface area contributed by atoms with Gasteiger partial charge in [-0.3, -0.25) is 4.98 Å². The van der Waals surface area contributed by atoms with E-state index in [1.807, 2.05) is 54.5 Å². The Morgan fingerprint density at radius 2 is 2.15 bits per heavy atom. The maximum Gasteiger partial charge on any atom is 0.160 e. The lowest BCUT2D eigenvalue weighted by molar-refractivity contribution is 0.664. The lowest BCUT2D eigenvalue weighted by Crippen LogP contribution is -2.06. The van der Waals surface area contributed by atoms with Crippen LogP contribution in [0.5, 0.6) is 0 Å². The lowest BCUT2D eigenvalue weighted by Gasteiger charge is -2.08. The van der Waals surface area contributed by atoms with E-state index in [2.05, 4.69) is 14.5 Å². The summed E-state index contributed by atoms with van der Waals surface area (Å²) in [5, 5.41) is 5.42. The van der Waals surface area contributed by atoms with E-state index >= 15 is 0 Å².